The number of aromatic nitrogens is 3. The molecule has 0 atom stereocenters. The second-order valence-corrected chi connectivity index (χ2v) is 2.84. The number of hydrogen-bond donors (Lipinski definition) is 0. The maximum Gasteiger partial charge on any atom is 0.138 e. The van der Waals surface area contributed by atoms with E-state index in [0.717, 1.165) is 5.82 Å². The number of hydrogen-bond acceptors (Lipinski definition) is 2. The zero-order valence-electron chi connectivity index (χ0n) is 6.12. The van der Waals surface area contributed by atoms with Gasteiger partial charge in [0.25, 0.3) is 0 Å². The molecule has 1 heterocycles. The van der Waals surface area contributed by atoms with Crippen LogP contribution in [0, 0.1) is 6.92 Å². The Kier molecular flexibility index (Phi) is 1.22. The summed E-state index contributed by atoms with van der Waals surface area (Å²) in [5.74, 6) is 1.05. The fourth-order valence-corrected chi connectivity index (χ4v) is 1.30. The largest absolute Gasteiger partial charge is 0.247 e. The van der Waals surface area contributed by atoms with Crippen molar-refractivity contribution in [2.24, 2.45) is 0 Å². The summed E-state index contributed by atoms with van der Waals surface area (Å²) in [6.07, 6.45) is 5.55. The molecule has 54 valence electrons. The third kappa shape index (κ3) is 0.735. The molecule has 0 unspecified atom stereocenters. The van der Waals surface area contributed by atoms with Crippen molar-refractivity contribution in [2.45, 2.75) is 32.2 Å². The molecule has 1 aromatic heterocycles. The predicted molar refractivity (Wildman–Crippen MR) is 37.6 cm³/mol. The Morgan fingerprint density at radius 2 is 2.40 bits per heavy atom. The van der Waals surface area contributed by atoms with Crippen molar-refractivity contribution >= 4 is 0 Å². The Hall–Kier alpha value is -0.860. The van der Waals surface area contributed by atoms with E-state index in [4.69, 9.17) is 0 Å². The molecule has 1 fully saturated rings. The summed E-state index contributed by atoms with van der Waals surface area (Å²) in [5, 5.41) is 4.14. The Balaban J connectivity index is 2.23. The third-order valence-corrected chi connectivity index (χ3v) is 2.17. The zero-order chi connectivity index (χ0) is 6.97. The smallest absolute Gasteiger partial charge is 0.138 e. The maximum absolute atomic E-state index is 4.14. The summed E-state index contributed by atoms with van der Waals surface area (Å²) >= 11 is 0. The molecule has 1 aliphatic rings. The predicted octanol–water partition coefficient (Wildman–Crippen LogP) is 1.31. The highest BCUT2D eigenvalue weighted by atomic mass is 15.3. The van der Waals surface area contributed by atoms with Gasteiger partial charge in [-0.05, 0) is 26.2 Å². The molecule has 1 saturated carbocycles. The highest BCUT2D eigenvalue weighted by Crippen LogP contribution is 2.30. The quantitative estimate of drug-likeness (QED) is 0.584. The standard InChI is InChI=1S/C7H11N3/c1-6-8-5-9-10(6)7-3-2-4-7/h5,7H,2-4H2,1H3. The van der Waals surface area contributed by atoms with Crippen molar-refractivity contribution in [3.8, 4) is 0 Å². The molecule has 1 aromatic rings. The molecule has 10 heavy (non-hydrogen) atoms. The van der Waals surface area contributed by atoms with Crippen LogP contribution in [-0.2, 0) is 0 Å². The second kappa shape index (κ2) is 2.08. The molecule has 2 rings (SSSR count). The lowest BCUT2D eigenvalue weighted by Gasteiger charge is -2.25. The Labute approximate surface area is 60.1 Å². The van der Waals surface area contributed by atoms with E-state index in [-0.39, 0.29) is 0 Å². The van der Waals surface area contributed by atoms with Gasteiger partial charge in [0, 0.05) is 0 Å². The van der Waals surface area contributed by atoms with Gasteiger partial charge < -0.3 is 0 Å². The summed E-state index contributed by atoms with van der Waals surface area (Å²) in [6.45, 7) is 2.01. The highest BCUT2D eigenvalue weighted by molar-refractivity contribution is 4.86. The SMILES string of the molecule is Cc1ncnn1C1CCC1. The van der Waals surface area contributed by atoms with Crippen LogP contribution in [0.3, 0.4) is 0 Å². The summed E-state index contributed by atoms with van der Waals surface area (Å²) < 4.78 is 2.03. The first-order valence-electron chi connectivity index (χ1n) is 3.74. The third-order valence-electron chi connectivity index (χ3n) is 2.17. The molecule has 3 heteroatoms. The number of nitrogens with zero attached hydrogens (tertiary/aromatic N) is 3. The first kappa shape index (κ1) is 5.89. The van der Waals surface area contributed by atoms with Gasteiger partial charge in [-0.3, -0.25) is 0 Å². The fourth-order valence-electron chi connectivity index (χ4n) is 1.30. The van der Waals surface area contributed by atoms with Crippen molar-refractivity contribution in [3.05, 3.63) is 12.2 Å². The first-order valence-corrected chi connectivity index (χ1v) is 3.74. The first-order chi connectivity index (χ1) is 4.88. The molecule has 0 bridgehead atoms. The van der Waals surface area contributed by atoms with Gasteiger partial charge in [0.05, 0.1) is 6.04 Å². The van der Waals surface area contributed by atoms with Gasteiger partial charge >= 0.3 is 0 Å². The Morgan fingerprint density at radius 1 is 1.60 bits per heavy atom. The van der Waals surface area contributed by atoms with E-state index in [9.17, 15) is 0 Å². The van der Waals surface area contributed by atoms with Crippen molar-refractivity contribution < 1.29 is 0 Å². The van der Waals surface area contributed by atoms with Crippen LogP contribution < -0.4 is 0 Å². The second-order valence-electron chi connectivity index (χ2n) is 2.84. The van der Waals surface area contributed by atoms with E-state index in [1.54, 1.807) is 6.33 Å². The summed E-state index contributed by atoms with van der Waals surface area (Å²) in [4.78, 5) is 4.07. The topological polar surface area (TPSA) is 30.7 Å². The van der Waals surface area contributed by atoms with Crippen molar-refractivity contribution in [1.82, 2.24) is 14.8 Å². The molecule has 1 aliphatic carbocycles. The van der Waals surface area contributed by atoms with E-state index in [1.165, 1.54) is 19.3 Å². The maximum atomic E-state index is 4.14. The summed E-state index contributed by atoms with van der Waals surface area (Å²) in [6, 6.07) is 0.655. The normalized spacial score (nSPS) is 18.9. The molecular weight excluding hydrogens is 126 g/mol. The molecule has 0 amide bonds. The lowest BCUT2D eigenvalue weighted by Crippen LogP contribution is -2.19. The molecule has 0 aromatic carbocycles. The minimum absolute atomic E-state index is 0.655. The Bertz CT molecular complexity index is 225. The zero-order valence-corrected chi connectivity index (χ0v) is 6.12. The minimum Gasteiger partial charge on any atom is -0.247 e. The number of aryl methyl sites for hydroxylation is 1. The van der Waals surface area contributed by atoms with Crippen LogP contribution in [0.25, 0.3) is 0 Å². The van der Waals surface area contributed by atoms with Crippen molar-refractivity contribution in [1.29, 1.82) is 0 Å². The minimum atomic E-state index is 0.655. The molecule has 0 N–H and O–H groups in total. The van der Waals surface area contributed by atoms with Crippen LogP contribution in [0.2, 0.25) is 0 Å². The van der Waals surface area contributed by atoms with Gasteiger partial charge in [0.2, 0.25) is 0 Å². The molecule has 0 spiro atoms. The van der Waals surface area contributed by atoms with Crippen molar-refractivity contribution in [2.75, 3.05) is 0 Å². The lowest BCUT2D eigenvalue weighted by atomic mass is 9.93. The van der Waals surface area contributed by atoms with E-state index < -0.39 is 0 Å². The van der Waals surface area contributed by atoms with Crippen LogP contribution in [0.15, 0.2) is 6.33 Å². The van der Waals surface area contributed by atoms with Crippen LogP contribution in [0.4, 0.5) is 0 Å². The molecule has 0 saturated heterocycles. The van der Waals surface area contributed by atoms with E-state index in [1.807, 2.05) is 11.6 Å². The van der Waals surface area contributed by atoms with Gasteiger partial charge in [-0.25, -0.2) is 9.67 Å². The van der Waals surface area contributed by atoms with Crippen LogP contribution in [0.1, 0.15) is 31.1 Å². The molecular formula is C7H11N3. The Morgan fingerprint density at radius 3 is 2.80 bits per heavy atom. The van der Waals surface area contributed by atoms with E-state index in [2.05, 4.69) is 10.1 Å². The fraction of sp³-hybridized carbons (Fsp3) is 0.714. The van der Waals surface area contributed by atoms with Crippen molar-refractivity contribution in [3.63, 3.8) is 0 Å². The highest BCUT2D eigenvalue weighted by Gasteiger charge is 2.20. The van der Waals surface area contributed by atoms with Gasteiger partial charge in [-0.2, -0.15) is 5.10 Å². The van der Waals surface area contributed by atoms with Gasteiger partial charge in [0.15, 0.2) is 0 Å². The van der Waals surface area contributed by atoms with E-state index in [0.29, 0.717) is 6.04 Å². The molecule has 0 radical (unpaired) electrons. The summed E-state index contributed by atoms with van der Waals surface area (Å²) in [7, 11) is 0. The van der Waals surface area contributed by atoms with Gasteiger partial charge in [-0.1, -0.05) is 0 Å². The monoisotopic (exact) mass is 137 g/mol. The van der Waals surface area contributed by atoms with Crippen LogP contribution in [0.5, 0.6) is 0 Å². The summed E-state index contributed by atoms with van der Waals surface area (Å²) in [5.41, 5.74) is 0. The van der Waals surface area contributed by atoms with Crippen LogP contribution >= 0.6 is 0 Å². The van der Waals surface area contributed by atoms with Gasteiger partial charge in [-0.15, -0.1) is 0 Å². The lowest BCUT2D eigenvalue weighted by molar-refractivity contribution is 0.284. The number of rotatable bonds is 1. The average molecular weight is 137 g/mol. The molecule has 3 nitrogen and oxygen atoms in total. The molecule has 0 aliphatic heterocycles. The van der Waals surface area contributed by atoms with Gasteiger partial charge in [0.1, 0.15) is 12.2 Å². The average Bonchev–Trinajstić information content (AvgIpc) is 2.12. The van der Waals surface area contributed by atoms with E-state index >= 15 is 0 Å². The van der Waals surface area contributed by atoms with Crippen LogP contribution in [-0.4, -0.2) is 14.8 Å².